The molecule has 0 saturated carbocycles. The van der Waals surface area contributed by atoms with Crippen molar-refractivity contribution in [2.75, 3.05) is 0 Å². The molecule has 0 amide bonds. The van der Waals surface area contributed by atoms with Crippen LogP contribution in [-0.2, 0) is 5.41 Å². The van der Waals surface area contributed by atoms with Crippen molar-refractivity contribution in [2.24, 2.45) is 0 Å². The normalized spacial score (nSPS) is 11.8. The molecule has 0 N–H and O–H groups in total. The largest absolute Gasteiger partial charge is 0.239 e. The van der Waals surface area contributed by atoms with E-state index in [1.54, 1.807) is 12.4 Å². The van der Waals surface area contributed by atoms with Gasteiger partial charge in [0.1, 0.15) is 5.82 Å². The quantitative estimate of drug-likeness (QED) is 0.555. The lowest BCUT2D eigenvalue weighted by atomic mass is 9.79. The first kappa shape index (κ1) is 16.4. The van der Waals surface area contributed by atoms with Crippen LogP contribution in [0, 0.1) is 0 Å². The number of rotatable bonds is 9. The average Bonchev–Trinajstić information content (AvgIpc) is 2.40. The van der Waals surface area contributed by atoms with Gasteiger partial charge in [0, 0.05) is 17.8 Å². The molecule has 0 aliphatic rings. The van der Waals surface area contributed by atoms with Crippen LogP contribution in [0.25, 0.3) is 0 Å². The minimum absolute atomic E-state index is 0.106. The lowest BCUT2D eigenvalue weighted by Crippen LogP contribution is -2.25. The van der Waals surface area contributed by atoms with Gasteiger partial charge in [-0.1, -0.05) is 70.9 Å². The van der Waals surface area contributed by atoms with E-state index in [1.807, 2.05) is 0 Å². The minimum atomic E-state index is 0.106. The fourth-order valence-corrected chi connectivity index (χ4v) is 2.60. The van der Waals surface area contributed by atoms with Crippen LogP contribution in [0.15, 0.2) is 12.4 Å². The Balaban J connectivity index is 2.74. The SMILES string of the molecule is CCCCCC(C)(CCCCC)c1ncc(Cl)cn1. The fraction of sp³-hybridized carbons (Fsp3) is 0.750. The lowest BCUT2D eigenvalue weighted by molar-refractivity contribution is 0.348. The van der Waals surface area contributed by atoms with E-state index in [0.717, 1.165) is 5.82 Å². The summed E-state index contributed by atoms with van der Waals surface area (Å²) in [7, 11) is 0. The number of hydrogen-bond acceptors (Lipinski definition) is 2. The highest BCUT2D eigenvalue weighted by Gasteiger charge is 2.28. The summed E-state index contributed by atoms with van der Waals surface area (Å²) in [4.78, 5) is 8.93. The topological polar surface area (TPSA) is 25.8 Å². The highest BCUT2D eigenvalue weighted by Crippen LogP contribution is 2.33. The molecular weight excluding hydrogens is 256 g/mol. The number of nitrogens with zero attached hydrogens (tertiary/aromatic N) is 2. The first-order valence-corrected chi connectivity index (χ1v) is 7.98. The molecule has 1 heterocycles. The Morgan fingerprint density at radius 3 is 1.84 bits per heavy atom. The molecule has 108 valence electrons. The molecule has 2 nitrogen and oxygen atoms in total. The first-order chi connectivity index (χ1) is 9.12. The molecule has 0 bridgehead atoms. The Hall–Kier alpha value is -0.630. The smallest absolute Gasteiger partial charge is 0.134 e. The molecule has 0 saturated heterocycles. The van der Waals surface area contributed by atoms with E-state index < -0.39 is 0 Å². The predicted octanol–water partition coefficient (Wildman–Crippen LogP) is 5.55. The van der Waals surface area contributed by atoms with Crippen LogP contribution in [0.2, 0.25) is 5.02 Å². The van der Waals surface area contributed by atoms with Crippen molar-refractivity contribution in [2.45, 2.75) is 77.6 Å². The fourth-order valence-electron chi connectivity index (χ4n) is 2.50. The molecule has 19 heavy (non-hydrogen) atoms. The van der Waals surface area contributed by atoms with E-state index >= 15 is 0 Å². The Kier molecular flexibility index (Phi) is 7.37. The number of unbranched alkanes of at least 4 members (excludes halogenated alkanes) is 4. The monoisotopic (exact) mass is 282 g/mol. The second-order valence-corrected chi connectivity index (χ2v) is 6.14. The van der Waals surface area contributed by atoms with Crippen molar-refractivity contribution in [1.29, 1.82) is 0 Å². The van der Waals surface area contributed by atoms with Gasteiger partial charge in [0.15, 0.2) is 0 Å². The molecule has 1 aromatic heterocycles. The molecule has 1 rings (SSSR count). The van der Waals surface area contributed by atoms with Crippen molar-refractivity contribution in [3.63, 3.8) is 0 Å². The van der Waals surface area contributed by atoms with Gasteiger partial charge in [-0.2, -0.15) is 0 Å². The average molecular weight is 283 g/mol. The summed E-state index contributed by atoms with van der Waals surface area (Å²) in [5.41, 5.74) is 0.106. The maximum Gasteiger partial charge on any atom is 0.134 e. The summed E-state index contributed by atoms with van der Waals surface area (Å²) in [6.07, 6.45) is 13.4. The minimum Gasteiger partial charge on any atom is -0.239 e. The van der Waals surface area contributed by atoms with E-state index in [1.165, 1.54) is 51.4 Å². The van der Waals surface area contributed by atoms with Gasteiger partial charge in [-0.15, -0.1) is 0 Å². The highest BCUT2D eigenvalue weighted by molar-refractivity contribution is 6.30. The van der Waals surface area contributed by atoms with Crippen LogP contribution < -0.4 is 0 Å². The highest BCUT2D eigenvalue weighted by atomic mass is 35.5. The van der Waals surface area contributed by atoms with Crippen LogP contribution in [-0.4, -0.2) is 9.97 Å². The third kappa shape index (κ3) is 5.48. The molecule has 0 spiro atoms. The Morgan fingerprint density at radius 2 is 1.42 bits per heavy atom. The van der Waals surface area contributed by atoms with Crippen LogP contribution in [0.3, 0.4) is 0 Å². The zero-order valence-electron chi connectivity index (χ0n) is 12.6. The van der Waals surface area contributed by atoms with Crippen molar-refractivity contribution in [3.05, 3.63) is 23.2 Å². The number of halogens is 1. The summed E-state index contributed by atoms with van der Waals surface area (Å²) < 4.78 is 0. The Morgan fingerprint density at radius 1 is 0.947 bits per heavy atom. The molecule has 0 aliphatic heterocycles. The number of hydrogen-bond donors (Lipinski definition) is 0. The third-order valence-electron chi connectivity index (χ3n) is 3.82. The van der Waals surface area contributed by atoms with Crippen LogP contribution in [0.1, 0.15) is 78.0 Å². The van der Waals surface area contributed by atoms with E-state index in [2.05, 4.69) is 30.7 Å². The van der Waals surface area contributed by atoms with Gasteiger partial charge in [0.05, 0.1) is 5.02 Å². The molecule has 0 aliphatic carbocycles. The first-order valence-electron chi connectivity index (χ1n) is 7.60. The molecule has 0 aromatic carbocycles. The van der Waals surface area contributed by atoms with Crippen LogP contribution >= 0.6 is 11.6 Å². The van der Waals surface area contributed by atoms with E-state index in [-0.39, 0.29) is 5.41 Å². The maximum absolute atomic E-state index is 5.89. The molecule has 1 aromatic rings. The second kappa shape index (κ2) is 8.52. The van der Waals surface area contributed by atoms with Crippen LogP contribution in [0.4, 0.5) is 0 Å². The summed E-state index contributed by atoms with van der Waals surface area (Å²) in [6, 6.07) is 0. The van der Waals surface area contributed by atoms with Crippen LogP contribution in [0.5, 0.6) is 0 Å². The van der Waals surface area contributed by atoms with E-state index in [9.17, 15) is 0 Å². The maximum atomic E-state index is 5.89. The Bertz CT molecular complexity index is 338. The zero-order valence-corrected chi connectivity index (χ0v) is 13.3. The van der Waals surface area contributed by atoms with Gasteiger partial charge in [-0.3, -0.25) is 0 Å². The molecular formula is C16H27ClN2. The standard InChI is InChI=1S/C16H27ClN2/c1-4-6-8-10-16(3,11-9-7-5-2)15-18-12-14(17)13-19-15/h12-13H,4-11H2,1-3H3. The lowest BCUT2D eigenvalue weighted by Gasteiger charge is -2.28. The summed E-state index contributed by atoms with van der Waals surface area (Å²) in [6.45, 7) is 6.79. The predicted molar refractivity (Wildman–Crippen MR) is 82.7 cm³/mol. The summed E-state index contributed by atoms with van der Waals surface area (Å²) in [5, 5.41) is 0.619. The van der Waals surface area contributed by atoms with Crippen molar-refractivity contribution in [1.82, 2.24) is 9.97 Å². The van der Waals surface area contributed by atoms with Gasteiger partial charge in [-0.25, -0.2) is 9.97 Å². The summed E-state index contributed by atoms with van der Waals surface area (Å²) in [5.74, 6) is 0.962. The molecule has 0 atom stereocenters. The summed E-state index contributed by atoms with van der Waals surface area (Å²) >= 11 is 5.89. The zero-order chi connectivity index (χ0) is 14.1. The number of aromatic nitrogens is 2. The molecule has 0 unspecified atom stereocenters. The van der Waals surface area contributed by atoms with E-state index in [4.69, 9.17) is 11.6 Å². The van der Waals surface area contributed by atoms with Crippen molar-refractivity contribution >= 4 is 11.6 Å². The van der Waals surface area contributed by atoms with Crippen molar-refractivity contribution in [3.8, 4) is 0 Å². The van der Waals surface area contributed by atoms with Gasteiger partial charge >= 0.3 is 0 Å². The van der Waals surface area contributed by atoms with Gasteiger partial charge in [-0.05, 0) is 12.8 Å². The molecule has 0 radical (unpaired) electrons. The van der Waals surface area contributed by atoms with Gasteiger partial charge < -0.3 is 0 Å². The van der Waals surface area contributed by atoms with E-state index in [0.29, 0.717) is 5.02 Å². The molecule has 0 fully saturated rings. The van der Waals surface area contributed by atoms with Gasteiger partial charge in [0.25, 0.3) is 0 Å². The third-order valence-corrected chi connectivity index (χ3v) is 4.02. The van der Waals surface area contributed by atoms with Crippen molar-refractivity contribution < 1.29 is 0 Å². The second-order valence-electron chi connectivity index (χ2n) is 5.70. The van der Waals surface area contributed by atoms with Gasteiger partial charge in [0.2, 0.25) is 0 Å². The Labute approximate surface area is 123 Å². The molecule has 3 heteroatoms.